The third kappa shape index (κ3) is 1.54. The Morgan fingerprint density at radius 3 is 2.80 bits per heavy atom. The van der Waals surface area contributed by atoms with Gasteiger partial charge in [0.25, 0.3) is 0 Å². The highest BCUT2D eigenvalue weighted by Gasteiger charge is 2.11. The quantitative estimate of drug-likeness (QED) is 0.777. The SMILES string of the molecule is Cc1cc(F)cc2c(C(=O)O)nccc12. The number of aromatic carboxylic acids is 1. The van der Waals surface area contributed by atoms with Gasteiger partial charge in [0, 0.05) is 11.6 Å². The van der Waals surface area contributed by atoms with Gasteiger partial charge < -0.3 is 5.11 Å². The molecule has 0 aliphatic carbocycles. The molecule has 0 amide bonds. The van der Waals surface area contributed by atoms with Gasteiger partial charge in [-0.3, -0.25) is 0 Å². The molecule has 0 saturated carbocycles. The average molecular weight is 205 g/mol. The second-order valence-electron chi connectivity index (χ2n) is 3.28. The summed E-state index contributed by atoms with van der Waals surface area (Å²) in [5, 5.41) is 9.93. The maximum absolute atomic E-state index is 13.1. The molecule has 0 atom stereocenters. The van der Waals surface area contributed by atoms with Gasteiger partial charge in [-0.1, -0.05) is 0 Å². The summed E-state index contributed by atoms with van der Waals surface area (Å²) in [4.78, 5) is 14.6. The molecule has 0 saturated heterocycles. The Balaban J connectivity index is 2.91. The Labute approximate surface area is 85.2 Å². The molecule has 0 spiro atoms. The van der Waals surface area contributed by atoms with Gasteiger partial charge in [-0.2, -0.15) is 0 Å². The van der Waals surface area contributed by atoms with Crippen LogP contribution in [0, 0.1) is 12.7 Å². The van der Waals surface area contributed by atoms with Gasteiger partial charge in [-0.15, -0.1) is 0 Å². The van der Waals surface area contributed by atoms with E-state index in [2.05, 4.69) is 4.98 Å². The molecule has 15 heavy (non-hydrogen) atoms. The summed E-state index contributed by atoms with van der Waals surface area (Å²) >= 11 is 0. The molecule has 1 heterocycles. The average Bonchev–Trinajstić information content (AvgIpc) is 2.16. The van der Waals surface area contributed by atoms with E-state index in [1.165, 1.54) is 18.3 Å². The van der Waals surface area contributed by atoms with Crippen molar-refractivity contribution in [2.75, 3.05) is 0 Å². The Bertz CT molecular complexity index is 552. The Morgan fingerprint density at radius 2 is 2.13 bits per heavy atom. The lowest BCUT2D eigenvalue weighted by Crippen LogP contribution is -2.01. The van der Waals surface area contributed by atoms with Crippen LogP contribution in [0.25, 0.3) is 10.8 Å². The van der Waals surface area contributed by atoms with Crippen molar-refractivity contribution in [1.82, 2.24) is 4.98 Å². The minimum Gasteiger partial charge on any atom is -0.476 e. The zero-order valence-corrected chi connectivity index (χ0v) is 7.99. The summed E-state index contributed by atoms with van der Waals surface area (Å²) in [5.74, 6) is -1.60. The number of nitrogens with zero attached hydrogens (tertiary/aromatic N) is 1. The van der Waals surface area contributed by atoms with Crippen LogP contribution < -0.4 is 0 Å². The molecule has 0 fully saturated rings. The number of carboxylic acids is 1. The van der Waals surface area contributed by atoms with Crippen molar-refractivity contribution in [3.63, 3.8) is 0 Å². The summed E-state index contributed by atoms with van der Waals surface area (Å²) in [6.45, 7) is 1.73. The number of fused-ring (bicyclic) bond motifs is 1. The number of benzene rings is 1. The van der Waals surface area contributed by atoms with Gasteiger partial charge in [0.2, 0.25) is 0 Å². The topological polar surface area (TPSA) is 50.2 Å². The highest BCUT2D eigenvalue weighted by Crippen LogP contribution is 2.22. The van der Waals surface area contributed by atoms with Crippen molar-refractivity contribution in [2.45, 2.75) is 6.92 Å². The molecule has 2 rings (SSSR count). The number of aryl methyl sites for hydroxylation is 1. The third-order valence-electron chi connectivity index (χ3n) is 2.25. The van der Waals surface area contributed by atoms with Crippen molar-refractivity contribution in [2.24, 2.45) is 0 Å². The highest BCUT2D eigenvalue weighted by atomic mass is 19.1. The van der Waals surface area contributed by atoms with Crippen molar-refractivity contribution in [3.8, 4) is 0 Å². The normalized spacial score (nSPS) is 10.5. The van der Waals surface area contributed by atoms with E-state index >= 15 is 0 Å². The molecule has 76 valence electrons. The van der Waals surface area contributed by atoms with Gasteiger partial charge in [-0.25, -0.2) is 14.2 Å². The van der Waals surface area contributed by atoms with Crippen molar-refractivity contribution >= 4 is 16.7 Å². The lowest BCUT2D eigenvalue weighted by atomic mass is 10.0. The zero-order chi connectivity index (χ0) is 11.0. The van der Waals surface area contributed by atoms with Crippen molar-refractivity contribution < 1.29 is 14.3 Å². The number of pyridine rings is 1. The first-order valence-corrected chi connectivity index (χ1v) is 4.38. The second kappa shape index (κ2) is 3.31. The zero-order valence-electron chi connectivity index (χ0n) is 7.99. The fraction of sp³-hybridized carbons (Fsp3) is 0.0909. The minimum absolute atomic E-state index is 0.116. The van der Waals surface area contributed by atoms with Crippen LogP contribution in [0.3, 0.4) is 0 Å². The monoisotopic (exact) mass is 205 g/mol. The fourth-order valence-electron chi connectivity index (χ4n) is 1.60. The van der Waals surface area contributed by atoms with Crippen molar-refractivity contribution in [3.05, 3.63) is 41.5 Å². The maximum Gasteiger partial charge on any atom is 0.355 e. The number of rotatable bonds is 1. The Hall–Kier alpha value is -1.97. The van der Waals surface area contributed by atoms with Gasteiger partial charge in [0.15, 0.2) is 5.69 Å². The maximum atomic E-state index is 13.1. The molecular formula is C11H8FNO2. The number of carboxylic acid groups (broad SMARTS) is 1. The first-order chi connectivity index (χ1) is 7.09. The van der Waals surface area contributed by atoms with E-state index in [-0.39, 0.29) is 5.69 Å². The van der Waals surface area contributed by atoms with Crippen LogP contribution in [0.5, 0.6) is 0 Å². The molecule has 1 aromatic carbocycles. The van der Waals surface area contributed by atoms with E-state index in [1.54, 1.807) is 13.0 Å². The van der Waals surface area contributed by atoms with Crippen LogP contribution in [-0.4, -0.2) is 16.1 Å². The first kappa shape index (κ1) is 9.58. The molecule has 0 aliphatic rings. The van der Waals surface area contributed by atoms with Crippen LogP contribution >= 0.6 is 0 Å². The summed E-state index contributed by atoms with van der Waals surface area (Å²) in [6.07, 6.45) is 1.41. The first-order valence-electron chi connectivity index (χ1n) is 4.38. The van der Waals surface area contributed by atoms with E-state index in [1.807, 2.05) is 0 Å². The molecule has 4 heteroatoms. The predicted molar refractivity (Wildman–Crippen MR) is 53.4 cm³/mol. The van der Waals surface area contributed by atoms with E-state index in [0.717, 1.165) is 0 Å². The molecule has 0 radical (unpaired) electrons. The van der Waals surface area contributed by atoms with Gasteiger partial charge in [0.1, 0.15) is 5.82 Å². The third-order valence-corrected chi connectivity index (χ3v) is 2.25. The van der Waals surface area contributed by atoms with Crippen LogP contribution in [0.2, 0.25) is 0 Å². The molecule has 0 aliphatic heterocycles. The van der Waals surface area contributed by atoms with Crippen molar-refractivity contribution in [1.29, 1.82) is 0 Å². The highest BCUT2D eigenvalue weighted by molar-refractivity contribution is 6.02. The number of hydrogen-bond acceptors (Lipinski definition) is 2. The van der Waals surface area contributed by atoms with E-state index in [0.29, 0.717) is 16.3 Å². The number of carbonyl (C=O) groups is 1. The molecular weight excluding hydrogens is 197 g/mol. The Kier molecular flexibility index (Phi) is 2.11. The number of halogens is 1. The summed E-state index contributed by atoms with van der Waals surface area (Å²) < 4.78 is 13.1. The number of hydrogen-bond donors (Lipinski definition) is 1. The van der Waals surface area contributed by atoms with Gasteiger partial charge in [0.05, 0.1) is 0 Å². The fourth-order valence-corrected chi connectivity index (χ4v) is 1.60. The second-order valence-corrected chi connectivity index (χ2v) is 3.28. The van der Waals surface area contributed by atoms with E-state index in [4.69, 9.17) is 5.11 Å². The lowest BCUT2D eigenvalue weighted by Gasteiger charge is -2.04. The minimum atomic E-state index is -1.15. The molecule has 2 aromatic rings. The van der Waals surface area contributed by atoms with Gasteiger partial charge >= 0.3 is 5.97 Å². The smallest absolute Gasteiger partial charge is 0.355 e. The molecule has 1 aromatic heterocycles. The van der Waals surface area contributed by atoms with E-state index < -0.39 is 11.8 Å². The molecule has 3 nitrogen and oxygen atoms in total. The van der Waals surface area contributed by atoms with Crippen LogP contribution in [-0.2, 0) is 0 Å². The van der Waals surface area contributed by atoms with Crippen LogP contribution in [0.4, 0.5) is 4.39 Å². The van der Waals surface area contributed by atoms with Crippen LogP contribution in [0.1, 0.15) is 16.1 Å². The molecule has 0 unspecified atom stereocenters. The summed E-state index contributed by atoms with van der Waals surface area (Å²) in [6, 6.07) is 4.24. The summed E-state index contributed by atoms with van der Waals surface area (Å²) in [7, 11) is 0. The van der Waals surface area contributed by atoms with Crippen LogP contribution in [0.15, 0.2) is 24.4 Å². The lowest BCUT2D eigenvalue weighted by molar-refractivity contribution is 0.0693. The number of aromatic nitrogens is 1. The largest absolute Gasteiger partial charge is 0.476 e. The summed E-state index contributed by atoms with van der Waals surface area (Å²) in [5.41, 5.74) is 0.588. The Morgan fingerprint density at radius 1 is 1.40 bits per heavy atom. The standard InChI is InChI=1S/C11H8FNO2/c1-6-4-7(12)5-9-8(6)2-3-13-10(9)11(14)15/h2-5H,1H3,(H,14,15). The van der Waals surface area contributed by atoms with E-state index in [9.17, 15) is 9.18 Å². The molecule has 0 bridgehead atoms. The predicted octanol–water partition coefficient (Wildman–Crippen LogP) is 2.38. The molecule has 1 N–H and O–H groups in total. The van der Waals surface area contributed by atoms with Gasteiger partial charge in [-0.05, 0) is 36.1 Å².